The maximum Gasteiger partial charge on any atom is 0.240 e. The molecule has 3 heterocycles. The third-order valence-electron chi connectivity index (χ3n) is 5.01. The highest BCUT2D eigenvalue weighted by Crippen LogP contribution is 2.22. The van der Waals surface area contributed by atoms with Gasteiger partial charge in [-0.2, -0.15) is 4.98 Å². The fourth-order valence-electron chi connectivity index (χ4n) is 3.56. The molecule has 1 aliphatic heterocycles. The van der Waals surface area contributed by atoms with E-state index in [0.717, 1.165) is 30.0 Å². The van der Waals surface area contributed by atoms with Gasteiger partial charge in [0.2, 0.25) is 5.95 Å². The van der Waals surface area contributed by atoms with Gasteiger partial charge in [0.1, 0.15) is 0 Å². The van der Waals surface area contributed by atoms with Gasteiger partial charge < -0.3 is 10.6 Å². The number of rotatable bonds is 4. The van der Waals surface area contributed by atoms with Crippen LogP contribution in [0.4, 0.5) is 5.95 Å². The Morgan fingerprint density at radius 2 is 1.96 bits per heavy atom. The van der Waals surface area contributed by atoms with Crippen LogP contribution < -0.4 is 5.73 Å². The minimum Gasteiger partial charge on any atom is -0.366 e. The monoisotopic (exact) mass is 336 g/mol. The van der Waals surface area contributed by atoms with Crippen LogP contribution in [0.5, 0.6) is 0 Å². The molecule has 0 bridgehead atoms. The zero-order chi connectivity index (χ0) is 17.4. The molecule has 1 unspecified atom stereocenters. The van der Waals surface area contributed by atoms with Crippen molar-refractivity contribution in [2.45, 2.75) is 19.0 Å². The first-order valence-electron chi connectivity index (χ1n) is 8.69. The predicted molar refractivity (Wildman–Crippen MR) is 100 cm³/mol. The summed E-state index contributed by atoms with van der Waals surface area (Å²) in [5.74, 6) is 0.300. The highest BCUT2D eigenvalue weighted by Gasteiger charge is 2.23. The Morgan fingerprint density at radius 3 is 2.68 bits per heavy atom. The topological polar surface area (TPSA) is 62.7 Å². The smallest absolute Gasteiger partial charge is 0.240 e. The average Bonchev–Trinajstić information content (AvgIpc) is 3.21. The van der Waals surface area contributed by atoms with Crippen LogP contribution in [0.2, 0.25) is 0 Å². The van der Waals surface area contributed by atoms with Crippen molar-refractivity contribution in [1.82, 2.24) is 24.4 Å². The van der Waals surface area contributed by atoms with E-state index in [1.54, 1.807) is 4.52 Å². The molecule has 0 saturated carbocycles. The lowest BCUT2D eigenvalue weighted by Crippen LogP contribution is -2.31. The molecule has 0 aliphatic carbocycles. The summed E-state index contributed by atoms with van der Waals surface area (Å²) in [7, 11) is 4.33. The van der Waals surface area contributed by atoms with Crippen LogP contribution in [0.25, 0.3) is 16.9 Å². The number of benzene rings is 1. The molecule has 1 atom stereocenters. The van der Waals surface area contributed by atoms with Crippen LogP contribution in [-0.2, 0) is 6.54 Å². The molecule has 1 aliphatic rings. The van der Waals surface area contributed by atoms with E-state index in [4.69, 9.17) is 5.73 Å². The molecule has 3 aromatic rings. The van der Waals surface area contributed by atoms with Crippen molar-refractivity contribution in [2.24, 2.45) is 0 Å². The maximum atomic E-state index is 5.73. The molecular weight excluding hydrogens is 312 g/mol. The molecule has 0 radical (unpaired) electrons. The number of nitrogen functional groups attached to an aromatic ring is 1. The van der Waals surface area contributed by atoms with E-state index in [0.29, 0.717) is 12.0 Å². The molecule has 0 spiro atoms. The van der Waals surface area contributed by atoms with Crippen LogP contribution in [-0.4, -0.2) is 57.6 Å². The zero-order valence-electron chi connectivity index (χ0n) is 14.8. The number of likely N-dealkylation sites (tertiary alicyclic amines) is 1. The highest BCUT2D eigenvalue weighted by molar-refractivity contribution is 5.63. The van der Waals surface area contributed by atoms with Gasteiger partial charge in [-0.3, -0.25) is 4.90 Å². The lowest BCUT2D eigenvalue weighted by molar-refractivity contribution is 0.264. The Morgan fingerprint density at radius 1 is 1.16 bits per heavy atom. The number of hydrogen-bond donors (Lipinski definition) is 1. The second-order valence-electron chi connectivity index (χ2n) is 6.99. The van der Waals surface area contributed by atoms with Crippen molar-refractivity contribution in [3.63, 3.8) is 0 Å². The first-order chi connectivity index (χ1) is 12.1. The van der Waals surface area contributed by atoms with E-state index < -0.39 is 0 Å². The van der Waals surface area contributed by atoms with E-state index >= 15 is 0 Å². The van der Waals surface area contributed by atoms with Crippen molar-refractivity contribution >= 4 is 11.6 Å². The summed E-state index contributed by atoms with van der Waals surface area (Å²) >= 11 is 0. The number of aromatic nitrogens is 3. The number of fused-ring (bicyclic) bond motifs is 1. The van der Waals surface area contributed by atoms with Crippen LogP contribution in [0, 0.1) is 0 Å². The first-order valence-corrected chi connectivity index (χ1v) is 8.69. The Hall–Kier alpha value is -2.44. The van der Waals surface area contributed by atoms with Gasteiger partial charge in [-0.25, -0.2) is 4.52 Å². The predicted octanol–water partition coefficient (Wildman–Crippen LogP) is 2.11. The number of likely N-dealkylation sites (N-methyl/N-ethyl adjacent to an activating group) is 1. The molecule has 2 N–H and O–H groups in total. The van der Waals surface area contributed by atoms with Crippen LogP contribution in [0.15, 0.2) is 42.5 Å². The van der Waals surface area contributed by atoms with E-state index in [1.165, 1.54) is 18.5 Å². The van der Waals surface area contributed by atoms with Gasteiger partial charge in [0.25, 0.3) is 0 Å². The van der Waals surface area contributed by atoms with Crippen molar-refractivity contribution < 1.29 is 0 Å². The molecule has 6 nitrogen and oxygen atoms in total. The molecule has 2 aromatic heterocycles. The Labute approximate surface area is 147 Å². The fourth-order valence-corrected chi connectivity index (χ4v) is 3.56. The van der Waals surface area contributed by atoms with Gasteiger partial charge in [-0.15, -0.1) is 5.10 Å². The second-order valence-corrected chi connectivity index (χ2v) is 6.99. The normalized spacial score (nSPS) is 18.4. The van der Waals surface area contributed by atoms with E-state index in [2.05, 4.69) is 58.2 Å². The van der Waals surface area contributed by atoms with E-state index in [9.17, 15) is 0 Å². The average molecular weight is 336 g/mol. The van der Waals surface area contributed by atoms with Gasteiger partial charge in [-0.1, -0.05) is 30.3 Å². The van der Waals surface area contributed by atoms with Gasteiger partial charge in [0.15, 0.2) is 5.65 Å². The summed E-state index contributed by atoms with van der Waals surface area (Å²) in [4.78, 5) is 9.08. The summed E-state index contributed by atoms with van der Waals surface area (Å²) < 4.78 is 1.80. The molecule has 1 saturated heterocycles. The number of anilines is 1. The summed E-state index contributed by atoms with van der Waals surface area (Å²) in [6.07, 6.45) is 1.25. The summed E-state index contributed by atoms with van der Waals surface area (Å²) in [5.41, 5.74) is 9.96. The Balaban J connectivity index is 1.52. The number of nitrogens with two attached hydrogens (primary N) is 1. The van der Waals surface area contributed by atoms with Crippen molar-refractivity contribution in [3.8, 4) is 11.3 Å². The standard InChI is InChI=1S/C19H24N6/c1-23(2)16-10-11-24(13-16)12-14-6-8-15(9-7-14)17-4-3-5-18-21-19(20)22-25(17)18/h3-9,16H,10-13H2,1-2H3,(H2,20,22). The molecule has 25 heavy (non-hydrogen) atoms. The van der Waals surface area contributed by atoms with E-state index in [1.807, 2.05) is 18.2 Å². The summed E-state index contributed by atoms with van der Waals surface area (Å²) in [6, 6.07) is 15.3. The van der Waals surface area contributed by atoms with Crippen molar-refractivity contribution in [1.29, 1.82) is 0 Å². The minimum absolute atomic E-state index is 0.300. The lowest BCUT2D eigenvalue weighted by atomic mass is 10.1. The molecule has 1 aromatic carbocycles. The molecule has 1 fully saturated rings. The second kappa shape index (κ2) is 6.46. The number of pyridine rings is 1. The lowest BCUT2D eigenvalue weighted by Gasteiger charge is -2.20. The SMILES string of the molecule is CN(C)C1CCN(Cc2ccc(-c3cccc4nc(N)nn34)cc2)C1. The first kappa shape index (κ1) is 16.1. The third kappa shape index (κ3) is 3.23. The maximum absolute atomic E-state index is 5.73. The van der Waals surface area contributed by atoms with Gasteiger partial charge in [0.05, 0.1) is 5.69 Å². The van der Waals surface area contributed by atoms with Gasteiger partial charge >= 0.3 is 0 Å². The summed E-state index contributed by atoms with van der Waals surface area (Å²) in [5, 5.41) is 4.29. The van der Waals surface area contributed by atoms with Gasteiger partial charge in [0, 0.05) is 31.2 Å². The molecule has 6 heteroatoms. The van der Waals surface area contributed by atoms with Crippen LogP contribution in [0.1, 0.15) is 12.0 Å². The van der Waals surface area contributed by atoms with Crippen LogP contribution in [0.3, 0.4) is 0 Å². The minimum atomic E-state index is 0.300. The number of hydrogen-bond acceptors (Lipinski definition) is 5. The largest absolute Gasteiger partial charge is 0.366 e. The van der Waals surface area contributed by atoms with Crippen molar-refractivity contribution in [2.75, 3.05) is 32.9 Å². The molecular formula is C19H24N6. The van der Waals surface area contributed by atoms with Crippen LogP contribution >= 0.6 is 0 Å². The summed E-state index contributed by atoms with van der Waals surface area (Å²) in [6.45, 7) is 3.32. The van der Waals surface area contributed by atoms with E-state index in [-0.39, 0.29) is 0 Å². The van der Waals surface area contributed by atoms with Gasteiger partial charge in [-0.05, 0) is 38.2 Å². The molecule has 130 valence electrons. The van der Waals surface area contributed by atoms with Crippen molar-refractivity contribution in [3.05, 3.63) is 48.0 Å². The quantitative estimate of drug-likeness (QED) is 0.791. The molecule has 0 amide bonds. The third-order valence-corrected chi connectivity index (χ3v) is 5.01. The Bertz CT molecular complexity index is 867. The zero-order valence-corrected chi connectivity index (χ0v) is 14.8. The fraction of sp³-hybridized carbons (Fsp3) is 0.368. The Kier molecular flexibility index (Phi) is 4.15. The molecule has 4 rings (SSSR count). The number of nitrogens with zero attached hydrogens (tertiary/aromatic N) is 5. The highest BCUT2D eigenvalue weighted by atomic mass is 15.3.